The number of para-hydroxylation sites is 2. The molecule has 9 heteroatoms. The lowest BCUT2D eigenvalue weighted by atomic mass is 9.76. The summed E-state index contributed by atoms with van der Waals surface area (Å²) in [4.78, 5) is 54.0. The molecule has 0 aliphatic carbocycles. The summed E-state index contributed by atoms with van der Waals surface area (Å²) in [5.41, 5.74) is 6.92. The molecule has 0 aromatic heterocycles. The van der Waals surface area contributed by atoms with Gasteiger partial charge in [0.2, 0.25) is 23.6 Å². The molecule has 3 heterocycles. The number of hydrogen-bond acceptors (Lipinski definition) is 6. The number of carbonyl (C=O) groups excluding carboxylic acids is 4. The molecule has 1 spiro atoms. The van der Waals surface area contributed by atoms with Crippen molar-refractivity contribution >= 4 is 29.3 Å². The fourth-order valence-corrected chi connectivity index (χ4v) is 5.80. The van der Waals surface area contributed by atoms with Gasteiger partial charge < -0.3 is 15.8 Å². The Hall–Kier alpha value is -3.72. The Bertz CT molecular complexity index is 1230. The molecule has 34 heavy (non-hydrogen) atoms. The molecule has 5 rings (SSSR count). The molecule has 4 N–H and O–H groups in total. The van der Waals surface area contributed by atoms with Gasteiger partial charge in [-0.05, 0) is 18.1 Å². The van der Waals surface area contributed by atoms with Crippen molar-refractivity contribution in [1.29, 1.82) is 0 Å². The van der Waals surface area contributed by atoms with Crippen molar-refractivity contribution in [2.45, 2.75) is 37.9 Å². The molecule has 0 radical (unpaired) electrons. The van der Waals surface area contributed by atoms with Gasteiger partial charge in [-0.25, -0.2) is 0 Å². The second kappa shape index (κ2) is 7.95. The fraction of sp³-hybridized carbons (Fsp3) is 0.360. The minimum atomic E-state index is -1.45. The Labute approximate surface area is 196 Å². The average Bonchev–Trinajstić information content (AvgIpc) is 3.39. The maximum absolute atomic E-state index is 13.8. The molecule has 3 aliphatic heterocycles. The number of amides is 4. The van der Waals surface area contributed by atoms with E-state index >= 15 is 0 Å². The van der Waals surface area contributed by atoms with E-state index in [-0.39, 0.29) is 13.0 Å². The number of ether oxygens (including phenoxy) is 1. The molecule has 0 unspecified atom stereocenters. The highest BCUT2D eigenvalue weighted by Gasteiger charge is 2.70. The van der Waals surface area contributed by atoms with Crippen LogP contribution in [0.15, 0.2) is 42.5 Å². The Kier molecular flexibility index (Phi) is 5.16. The Morgan fingerprint density at radius 2 is 1.82 bits per heavy atom. The number of nitrogens with zero attached hydrogens (tertiary/aromatic N) is 1. The van der Waals surface area contributed by atoms with Crippen molar-refractivity contribution in [3.8, 4) is 5.75 Å². The van der Waals surface area contributed by atoms with Gasteiger partial charge in [0.15, 0.2) is 0 Å². The van der Waals surface area contributed by atoms with E-state index in [2.05, 4.69) is 10.6 Å². The molecule has 0 bridgehead atoms. The summed E-state index contributed by atoms with van der Waals surface area (Å²) in [5, 5.41) is 6.15. The van der Waals surface area contributed by atoms with Crippen molar-refractivity contribution in [1.82, 2.24) is 10.2 Å². The van der Waals surface area contributed by atoms with Gasteiger partial charge in [-0.2, -0.15) is 0 Å². The third kappa shape index (κ3) is 2.96. The summed E-state index contributed by atoms with van der Waals surface area (Å²) in [6, 6.07) is 12.0. The topological polar surface area (TPSA) is 131 Å². The number of methoxy groups -OCH3 is 1. The number of likely N-dealkylation sites (tertiary alicyclic amines) is 1. The molecule has 4 amide bonds. The van der Waals surface area contributed by atoms with Gasteiger partial charge in [-0.15, -0.1) is 0 Å². The van der Waals surface area contributed by atoms with Gasteiger partial charge in [0.1, 0.15) is 11.3 Å². The number of aryl methyl sites for hydroxylation is 1. The van der Waals surface area contributed by atoms with Crippen LogP contribution in [0.5, 0.6) is 5.75 Å². The predicted molar refractivity (Wildman–Crippen MR) is 122 cm³/mol. The second-order valence-corrected chi connectivity index (χ2v) is 8.95. The summed E-state index contributed by atoms with van der Waals surface area (Å²) in [6.45, 7) is 1.99. The van der Waals surface area contributed by atoms with Crippen LogP contribution < -0.4 is 21.1 Å². The number of rotatable bonds is 6. The van der Waals surface area contributed by atoms with Crippen LogP contribution in [-0.2, 0) is 37.7 Å². The quantitative estimate of drug-likeness (QED) is 0.550. The lowest BCUT2D eigenvalue weighted by Crippen LogP contribution is -2.53. The van der Waals surface area contributed by atoms with E-state index in [1.54, 1.807) is 30.3 Å². The maximum atomic E-state index is 13.8. The van der Waals surface area contributed by atoms with Crippen molar-refractivity contribution in [3.63, 3.8) is 0 Å². The highest BCUT2D eigenvalue weighted by molar-refractivity contribution is 6.15. The van der Waals surface area contributed by atoms with Gasteiger partial charge in [-0.3, -0.25) is 29.4 Å². The number of primary amides is 1. The Morgan fingerprint density at radius 1 is 1.09 bits per heavy atom. The van der Waals surface area contributed by atoms with Crippen molar-refractivity contribution in [2.75, 3.05) is 12.4 Å². The number of fused-ring (bicyclic) bond motifs is 4. The van der Waals surface area contributed by atoms with Crippen LogP contribution in [0.4, 0.5) is 5.69 Å². The number of imide groups is 1. The molecule has 2 aromatic rings. The van der Waals surface area contributed by atoms with Crippen LogP contribution in [0.25, 0.3) is 0 Å². The van der Waals surface area contributed by atoms with E-state index in [4.69, 9.17) is 10.5 Å². The van der Waals surface area contributed by atoms with Crippen LogP contribution in [0.1, 0.15) is 30.0 Å². The van der Waals surface area contributed by atoms with Crippen molar-refractivity contribution in [3.05, 3.63) is 59.2 Å². The number of hydrogen-bond donors (Lipinski definition) is 3. The van der Waals surface area contributed by atoms with Crippen LogP contribution in [0, 0.1) is 11.8 Å². The minimum absolute atomic E-state index is 0.0114. The van der Waals surface area contributed by atoms with Crippen LogP contribution in [-0.4, -0.2) is 41.7 Å². The summed E-state index contributed by atoms with van der Waals surface area (Å²) in [6.07, 6.45) is 0.520. The standard InChI is InChI=1S/C25H26N4O5/c1-3-13-8-6-9-15-21(13)27-24(33)25(15)20-19(16(28-25)11-18(26)30)22(31)29(23(20)32)12-14-7-4-5-10-17(14)34-2/h4-10,16,19-20,28H,3,11-12H2,1-2H3,(H2,26,30)(H,27,33)/t16-,19-,20-,25+/m1/s1. The highest BCUT2D eigenvalue weighted by Crippen LogP contribution is 2.54. The van der Waals surface area contributed by atoms with Crippen LogP contribution >= 0.6 is 0 Å². The first-order valence-electron chi connectivity index (χ1n) is 11.3. The molecule has 4 atom stereocenters. The van der Waals surface area contributed by atoms with Gasteiger partial charge >= 0.3 is 0 Å². The van der Waals surface area contributed by atoms with E-state index in [1.807, 2.05) is 19.1 Å². The van der Waals surface area contributed by atoms with E-state index in [0.29, 0.717) is 29.0 Å². The summed E-state index contributed by atoms with van der Waals surface area (Å²) in [7, 11) is 1.52. The van der Waals surface area contributed by atoms with Gasteiger partial charge in [0.25, 0.3) is 0 Å². The number of nitrogens with one attached hydrogen (secondary N) is 2. The van der Waals surface area contributed by atoms with Gasteiger partial charge in [0.05, 0.1) is 25.5 Å². The van der Waals surface area contributed by atoms with Crippen LogP contribution in [0.3, 0.4) is 0 Å². The summed E-state index contributed by atoms with van der Waals surface area (Å²) < 4.78 is 5.39. The molecule has 176 valence electrons. The minimum Gasteiger partial charge on any atom is -0.496 e. The third-order valence-electron chi connectivity index (χ3n) is 7.25. The molecule has 0 saturated carbocycles. The largest absolute Gasteiger partial charge is 0.496 e. The van der Waals surface area contributed by atoms with E-state index in [9.17, 15) is 19.2 Å². The SMILES string of the molecule is CCc1cccc2c1NC(=O)[C@]21N[C@H](CC(N)=O)[C@H]2C(=O)N(Cc3ccccc3OC)C(=O)[C@@H]21. The molecule has 9 nitrogen and oxygen atoms in total. The molecule has 2 aromatic carbocycles. The zero-order valence-electron chi connectivity index (χ0n) is 19.0. The van der Waals surface area contributed by atoms with Crippen LogP contribution in [0.2, 0.25) is 0 Å². The number of benzene rings is 2. The average molecular weight is 463 g/mol. The van der Waals surface area contributed by atoms with E-state index in [0.717, 1.165) is 5.56 Å². The first-order valence-corrected chi connectivity index (χ1v) is 11.3. The van der Waals surface area contributed by atoms with Crippen molar-refractivity contribution < 1.29 is 23.9 Å². The smallest absolute Gasteiger partial charge is 0.250 e. The highest BCUT2D eigenvalue weighted by atomic mass is 16.5. The zero-order valence-corrected chi connectivity index (χ0v) is 19.0. The summed E-state index contributed by atoms with van der Waals surface area (Å²) >= 11 is 0. The summed E-state index contributed by atoms with van der Waals surface area (Å²) in [5.74, 6) is -3.22. The van der Waals surface area contributed by atoms with Gasteiger partial charge in [0, 0.05) is 29.3 Å². The Morgan fingerprint density at radius 3 is 2.53 bits per heavy atom. The monoisotopic (exact) mass is 462 g/mol. The number of nitrogens with two attached hydrogens (primary N) is 1. The fourth-order valence-electron chi connectivity index (χ4n) is 5.80. The molecular formula is C25H26N4O5. The zero-order chi connectivity index (χ0) is 24.2. The molecule has 3 aliphatic rings. The van der Waals surface area contributed by atoms with Crippen molar-refractivity contribution in [2.24, 2.45) is 17.6 Å². The van der Waals surface area contributed by atoms with E-state index in [1.165, 1.54) is 12.0 Å². The van der Waals surface area contributed by atoms with Gasteiger partial charge in [-0.1, -0.05) is 43.3 Å². The van der Waals surface area contributed by atoms with E-state index < -0.39 is 47.0 Å². The maximum Gasteiger partial charge on any atom is 0.250 e. The lowest BCUT2D eigenvalue weighted by Gasteiger charge is -2.29. The molecule has 2 saturated heterocycles. The predicted octanol–water partition coefficient (Wildman–Crippen LogP) is 1.05. The molecular weight excluding hydrogens is 436 g/mol. The second-order valence-electron chi connectivity index (χ2n) is 8.95. The number of anilines is 1. The first-order chi connectivity index (χ1) is 16.3. The third-order valence-corrected chi connectivity index (χ3v) is 7.25. The number of carbonyl (C=O) groups is 4. The Balaban J connectivity index is 1.62. The normalized spacial score (nSPS) is 27.2. The first kappa shape index (κ1) is 22.1. The molecule has 2 fully saturated rings. The lowest BCUT2D eigenvalue weighted by molar-refractivity contribution is -0.143.